The maximum Gasteiger partial charge on any atom is 0.417 e. The molecule has 0 unspecified atom stereocenters. The van der Waals surface area contributed by atoms with Gasteiger partial charge in [-0.05, 0) is 29.7 Å². The van der Waals surface area contributed by atoms with Crippen LogP contribution in [-0.2, 0) is 25.2 Å². The van der Waals surface area contributed by atoms with E-state index >= 15 is 0 Å². The van der Waals surface area contributed by atoms with Crippen molar-refractivity contribution in [2.75, 3.05) is 18.1 Å². The van der Waals surface area contributed by atoms with Gasteiger partial charge in [-0.3, -0.25) is 9.69 Å². The van der Waals surface area contributed by atoms with Crippen molar-refractivity contribution in [1.82, 2.24) is 4.98 Å². The van der Waals surface area contributed by atoms with Gasteiger partial charge < -0.3 is 19.6 Å². The Morgan fingerprint density at radius 3 is 2.61 bits per heavy atom. The number of aromatic amines is 1. The van der Waals surface area contributed by atoms with Crippen LogP contribution in [-0.4, -0.2) is 47.4 Å². The Morgan fingerprint density at radius 1 is 1.14 bits per heavy atom. The zero-order valence-corrected chi connectivity index (χ0v) is 18.2. The van der Waals surface area contributed by atoms with Crippen LogP contribution in [0.15, 0.2) is 65.5 Å². The lowest BCUT2D eigenvalue weighted by Crippen LogP contribution is -2.26. The Hall–Kier alpha value is -4.61. The number of hydrogen-bond donors (Lipinski definition) is 2. The van der Waals surface area contributed by atoms with Crippen LogP contribution >= 0.6 is 0 Å². The average molecular weight is 502 g/mol. The Balaban J connectivity index is 1.56. The topological polar surface area (TPSA) is 126 Å². The molecule has 3 aromatic rings. The summed E-state index contributed by atoms with van der Waals surface area (Å²) >= 11 is 0. The Morgan fingerprint density at radius 2 is 1.89 bits per heavy atom. The number of fused-ring (bicyclic) bond motifs is 1. The molecule has 0 bridgehead atoms. The molecule has 2 aromatic carbocycles. The SMILES string of the molecule is O=C(O)C=CC(=O)OC[C@H]1CN(c2ccc3cc(-c4ccccc4C(F)(F)F)[nH]c(=O)c3c2)C(=O)O1. The number of rotatable bonds is 6. The molecule has 1 aromatic heterocycles. The van der Waals surface area contributed by atoms with E-state index in [1.807, 2.05) is 0 Å². The Bertz CT molecular complexity index is 1450. The van der Waals surface area contributed by atoms with Crippen molar-refractivity contribution in [3.05, 3.63) is 76.6 Å². The number of amides is 1. The number of H-pyrrole nitrogens is 1. The summed E-state index contributed by atoms with van der Waals surface area (Å²) in [5.74, 6) is -2.25. The fraction of sp³-hybridized carbons (Fsp3) is 0.167. The van der Waals surface area contributed by atoms with Gasteiger partial charge >= 0.3 is 24.2 Å². The number of aliphatic carboxylic acids is 1. The number of pyridine rings is 1. The molecule has 1 amide bonds. The van der Waals surface area contributed by atoms with E-state index in [0.29, 0.717) is 23.2 Å². The monoisotopic (exact) mass is 502 g/mol. The quantitative estimate of drug-likeness (QED) is 0.389. The van der Waals surface area contributed by atoms with E-state index in [1.165, 1.54) is 47.4 Å². The third-order valence-electron chi connectivity index (χ3n) is 5.31. The highest BCUT2D eigenvalue weighted by molar-refractivity contribution is 5.95. The normalized spacial score (nSPS) is 15.9. The van der Waals surface area contributed by atoms with E-state index in [0.717, 1.165) is 6.07 Å². The minimum atomic E-state index is -4.61. The summed E-state index contributed by atoms with van der Waals surface area (Å²) in [7, 11) is 0. The summed E-state index contributed by atoms with van der Waals surface area (Å²) in [4.78, 5) is 50.7. The lowest BCUT2D eigenvalue weighted by atomic mass is 10.0. The van der Waals surface area contributed by atoms with Crippen LogP contribution in [0.25, 0.3) is 22.0 Å². The number of ether oxygens (including phenoxy) is 2. The van der Waals surface area contributed by atoms with Crippen LogP contribution in [0.4, 0.5) is 23.7 Å². The lowest BCUT2D eigenvalue weighted by molar-refractivity contribution is -0.140. The molecule has 2 heterocycles. The smallest absolute Gasteiger partial charge is 0.417 e. The number of carboxylic acid groups (broad SMARTS) is 1. The number of carboxylic acids is 1. The Labute approximate surface area is 200 Å². The number of esters is 1. The molecule has 2 N–H and O–H groups in total. The first-order chi connectivity index (χ1) is 17.0. The zero-order valence-electron chi connectivity index (χ0n) is 18.2. The molecule has 0 aliphatic carbocycles. The van der Waals surface area contributed by atoms with Gasteiger partial charge in [0, 0.05) is 34.5 Å². The molecule has 1 aliphatic heterocycles. The van der Waals surface area contributed by atoms with Crippen molar-refractivity contribution >= 4 is 34.5 Å². The maximum absolute atomic E-state index is 13.4. The molecule has 0 radical (unpaired) electrons. The van der Waals surface area contributed by atoms with Crippen LogP contribution in [0.5, 0.6) is 0 Å². The summed E-state index contributed by atoms with van der Waals surface area (Å²) in [5.41, 5.74) is -1.42. The first kappa shape index (κ1) is 24.5. The molecule has 0 spiro atoms. The molecular weight excluding hydrogens is 485 g/mol. The molecule has 1 atom stereocenters. The molecule has 1 saturated heterocycles. The molecule has 4 rings (SSSR count). The van der Waals surface area contributed by atoms with Crippen LogP contribution in [0.1, 0.15) is 5.56 Å². The van der Waals surface area contributed by atoms with Crippen LogP contribution in [0, 0.1) is 0 Å². The number of nitrogens with one attached hydrogen (secondary N) is 1. The number of carbonyl (C=O) groups is 3. The van der Waals surface area contributed by atoms with Gasteiger partial charge in [0.05, 0.1) is 12.1 Å². The molecular formula is C24H17F3N2O7. The van der Waals surface area contributed by atoms with Crippen LogP contribution < -0.4 is 10.5 Å². The summed E-state index contributed by atoms with van der Waals surface area (Å²) < 4.78 is 50.3. The molecule has 186 valence electrons. The molecule has 1 fully saturated rings. The predicted octanol–water partition coefficient (Wildman–Crippen LogP) is 3.72. The zero-order chi connectivity index (χ0) is 26.0. The van der Waals surface area contributed by atoms with E-state index in [-0.39, 0.29) is 29.8 Å². The summed E-state index contributed by atoms with van der Waals surface area (Å²) in [6.07, 6.45) is -4.89. The average Bonchev–Trinajstić information content (AvgIpc) is 3.21. The summed E-state index contributed by atoms with van der Waals surface area (Å²) in [6, 6.07) is 10.7. The van der Waals surface area contributed by atoms with E-state index < -0.39 is 41.4 Å². The molecule has 12 heteroatoms. The second-order valence-corrected chi connectivity index (χ2v) is 7.75. The number of halogens is 3. The first-order valence-corrected chi connectivity index (χ1v) is 10.4. The van der Waals surface area contributed by atoms with Crippen LogP contribution in [0.2, 0.25) is 0 Å². The second-order valence-electron chi connectivity index (χ2n) is 7.75. The molecule has 1 aliphatic rings. The Kier molecular flexibility index (Phi) is 6.51. The van der Waals surface area contributed by atoms with Crippen molar-refractivity contribution < 1.29 is 42.1 Å². The largest absolute Gasteiger partial charge is 0.478 e. The van der Waals surface area contributed by atoms with Gasteiger partial charge in [-0.25, -0.2) is 14.4 Å². The fourth-order valence-corrected chi connectivity index (χ4v) is 3.71. The van der Waals surface area contributed by atoms with Crippen molar-refractivity contribution in [3.63, 3.8) is 0 Å². The van der Waals surface area contributed by atoms with E-state index in [2.05, 4.69) is 4.98 Å². The van der Waals surface area contributed by atoms with Crippen LogP contribution in [0.3, 0.4) is 0 Å². The van der Waals surface area contributed by atoms with Crippen molar-refractivity contribution in [2.24, 2.45) is 0 Å². The van der Waals surface area contributed by atoms with E-state index in [1.54, 1.807) is 0 Å². The van der Waals surface area contributed by atoms with Gasteiger partial charge in [-0.1, -0.05) is 24.3 Å². The standard InChI is InChI=1S/C24H17F3N2O7/c25-24(26,27)18-4-2-1-3-16(18)19-9-13-5-6-14(10-17(13)22(33)28-19)29-11-15(36-23(29)34)12-35-21(32)8-7-20(30)31/h1-10,15H,11-12H2,(H,28,33)(H,30,31)/t15-/m1/s1. The predicted molar refractivity (Wildman–Crippen MR) is 120 cm³/mol. The number of aromatic nitrogens is 1. The third-order valence-corrected chi connectivity index (χ3v) is 5.31. The van der Waals surface area contributed by atoms with Crippen molar-refractivity contribution in [1.29, 1.82) is 0 Å². The second kappa shape index (κ2) is 9.56. The van der Waals surface area contributed by atoms with Gasteiger partial charge in [0.2, 0.25) is 0 Å². The first-order valence-electron chi connectivity index (χ1n) is 10.4. The van der Waals surface area contributed by atoms with E-state index in [9.17, 15) is 32.3 Å². The highest BCUT2D eigenvalue weighted by atomic mass is 19.4. The van der Waals surface area contributed by atoms with Gasteiger partial charge in [-0.2, -0.15) is 13.2 Å². The number of nitrogens with zero attached hydrogens (tertiary/aromatic N) is 1. The van der Waals surface area contributed by atoms with Gasteiger partial charge in [0.1, 0.15) is 6.61 Å². The summed E-state index contributed by atoms with van der Waals surface area (Å²) in [6.45, 7) is -0.337. The number of benzene rings is 2. The molecule has 36 heavy (non-hydrogen) atoms. The number of cyclic esters (lactones) is 1. The van der Waals surface area contributed by atoms with Gasteiger partial charge in [-0.15, -0.1) is 0 Å². The number of alkyl halides is 3. The van der Waals surface area contributed by atoms with Crippen molar-refractivity contribution in [3.8, 4) is 11.3 Å². The number of anilines is 1. The minimum absolute atomic E-state index is 0.00687. The summed E-state index contributed by atoms with van der Waals surface area (Å²) in [5, 5.41) is 9.01. The maximum atomic E-state index is 13.4. The number of carbonyl (C=O) groups excluding carboxylic acids is 2. The third kappa shape index (κ3) is 5.22. The number of hydrogen-bond acceptors (Lipinski definition) is 6. The highest BCUT2D eigenvalue weighted by Gasteiger charge is 2.34. The van der Waals surface area contributed by atoms with Gasteiger partial charge in [0.25, 0.3) is 5.56 Å². The molecule has 0 saturated carbocycles. The highest BCUT2D eigenvalue weighted by Crippen LogP contribution is 2.36. The lowest BCUT2D eigenvalue weighted by Gasteiger charge is -2.15. The van der Waals surface area contributed by atoms with E-state index in [4.69, 9.17) is 14.6 Å². The molecule has 9 nitrogen and oxygen atoms in total. The fourth-order valence-electron chi connectivity index (χ4n) is 3.71. The van der Waals surface area contributed by atoms with Gasteiger partial charge in [0.15, 0.2) is 6.10 Å². The minimum Gasteiger partial charge on any atom is -0.478 e. The van der Waals surface area contributed by atoms with Crippen molar-refractivity contribution in [2.45, 2.75) is 12.3 Å².